The van der Waals surface area contributed by atoms with Crippen molar-refractivity contribution in [1.29, 1.82) is 0 Å². The van der Waals surface area contributed by atoms with Gasteiger partial charge in [0.2, 0.25) is 0 Å². The fourth-order valence-electron chi connectivity index (χ4n) is 4.18. The Morgan fingerprint density at radius 2 is 1.68 bits per heavy atom. The fraction of sp³-hybridized carbons (Fsp3) is 0.393. The second-order valence-corrected chi connectivity index (χ2v) is 9.04. The first-order valence-corrected chi connectivity index (χ1v) is 12.2. The molecule has 6 nitrogen and oxygen atoms in total. The topological polar surface area (TPSA) is 58.6 Å². The average molecular weight is 459 g/mol. The standard InChI is InChI=1S/C28H34N4O2/c1-22-8-12-25(29-21-22)7-4-16-31-17-19-32(20-18-31)28(33)34-27-14-10-24(11-15-27)9-13-26-6-3-5-23(2)30-26/h3,5-6,8,10-12,14-15,21H,4,7,9,13,16-20H2,1-2H3. The fourth-order valence-corrected chi connectivity index (χ4v) is 4.18. The van der Waals surface area contributed by atoms with E-state index in [9.17, 15) is 4.79 Å². The number of aromatic nitrogens is 2. The van der Waals surface area contributed by atoms with Gasteiger partial charge in [0.05, 0.1) is 0 Å². The minimum Gasteiger partial charge on any atom is -0.410 e. The molecule has 1 aliphatic heterocycles. The summed E-state index contributed by atoms with van der Waals surface area (Å²) in [6, 6.07) is 18.2. The number of hydrogen-bond donors (Lipinski definition) is 0. The molecule has 1 aromatic carbocycles. The highest BCUT2D eigenvalue weighted by atomic mass is 16.6. The minimum absolute atomic E-state index is 0.264. The lowest BCUT2D eigenvalue weighted by Crippen LogP contribution is -2.49. The van der Waals surface area contributed by atoms with Crippen molar-refractivity contribution >= 4 is 6.09 Å². The van der Waals surface area contributed by atoms with Gasteiger partial charge in [-0.25, -0.2) is 4.79 Å². The van der Waals surface area contributed by atoms with Gasteiger partial charge in [0, 0.05) is 49.5 Å². The van der Waals surface area contributed by atoms with Crippen LogP contribution in [0.4, 0.5) is 4.79 Å². The van der Waals surface area contributed by atoms with Gasteiger partial charge in [0.15, 0.2) is 0 Å². The molecule has 3 heterocycles. The lowest BCUT2D eigenvalue weighted by atomic mass is 10.1. The third-order valence-corrected chi connectivity index (χ3v) is 6.25. The number of carbonyl (C=O) groups excluding carboxylic acids is 1. The molecule has 6 heteroatoms. The van der Waals surface area contributed by atoms with Gasteiger partial charge in [-0.2, -0.15) is 0 Å². The van der Waals surface area contributed by atoms with Crippen LogP contribution in [-0.2, 0) is 19.3 Å². The molecule has 3 aromatic rings. The molecule has 1 amide bonds. The van der Waals surface area contributed by atoms with E-state index in [1.165, 1.54) is 11.1 Å². The van der Waals surface area contributed by atoms with Crippen LogP contribution >= 0.6 is 0 Å². The summed E-state index contributed by atoms with van der Waals surface area (Å²) in [6.07, 6.45) is 5.53. The van der Waals surface area contributed by atoms with Gasteiger partial charge in [-0.3, -0.25) is 14.9 Å². The van der Waals surface area contributed by atoms with E-state index in [0.29, 0.717) is 18.8 Å². The summed E-state index contributed by atoms with van der Waals surface area (Å²) in [5, 5.41) is 0. The summed E-state index contributed by atoms with van der Waals surface area (Å²) in [6.45, 7) is 8.24. The molecule has 0 aliphatic carbocycles. The normalized spacial score (nSPS) is 14.2. The van der Waals surface area contributed by atoms with Gasteiger partial charge >= 0.3 is 6.09 Å². The molecular formula is C28H34N4O2. The van der Waals surface area contributed by atoms with E-state index in [1.807, 2.05) is 49.5 Å². The Balaban J connectivity index is 1.16. The molecule has 2 aromatic heterocycles. The Bertz CT molecular complexity index is 1060. The maximum absolute atomic E-state index is 12.6. The lowest BCUT2D eigenvalue weighted by molar-refractivity contribution is 0.110. The van der Waals surface area contributed by atoms with Crippen molar-refractivity contribution in [3.8, 4) is 5.75 Å². The van der Waals surface area contributed by atoms with E-state index in [0.717, 1.165) is 62.4 Å². The van der Waals surface area contributed by atoms with Crippen molar-refractivity contribution in [2.75, 3.05) is 32.7 Å². The maximum atomic E-state index is 12.6. The van der Waals surface area contributed by atoms with Crippen molar-refractivity contribution in [1.82, 2.24) is 19.8 Å². The molecule has 178 valence electrons. The second kappa shape index (κ2) is 11.7. The molecule has 1 aliphatic rings. The van der Waals surface area contributed by atoms with E-state index < -0.39 is 0 Å². The largest absolute Gasteiger partial charge is 0.415 e. The van der Waals surface area contributed by atoms with Crippen LogP contribution in [0.15, 0.2) is 60.8 Å². The van der Waals surface area contributed by atoms with Crippen LogP contribution in [0.3, 0.4) is 0 Å². The molecule has 0 N–H and O–H groups in total. The second-order valence-electron chi connectivity index (χ2n) is 9.04. The summed E-state index contributed by atoms with van der Waals surface area (Å²) in [4.78, 5) is 25.8. The first-order valence-electron chi connectivity index (χ1n) is 12.2. The third-order valence-electron chi connectivity index (χ3n) is 6.25. The number of amides is 1. The van der Waals surface area contributed by atoms with Crippen LogP contribution in [-0.4, -0.2) is 58.6 Å². The minimum atomic E-state index is -0.264. The predicted octanol–water partition coefficient (Wildman–Crippen LogP) is 4.63. The highest BCUT2D eigenvalue weighted by Gasteiger charge is 2.22. The number of ether oxygens (including phenoxy) is 1. The zero-order valence-corrected chi connectivity index (χ0v) is 20.2. The monoisotopic (exact) mass is 458 g/mol. The van der Waals surface area contributed by atoms with E-state index in [2.05, 4.69) is 40.0 Å². The number of hydrogen-bond acceptors (Lipinski definition) is 5. The molecule has 0 unspecified atom stereocenters. The number of aryl methyl sites for hydroxylation is 5. The van der Waals surface area contributed by atoms with Crippen LogP contribution in [0.2, 0.25) is 0 Å². The summed E-state index contributed by atoms with van der Waals surface area (Å²) in [5.41, 5.74) is 5.68. The Morgan fingerprint density at radius 3 is 2.38 bits per heavy atom. The zero-order valence-electron chi connectivity index (χ0n) is 20.2. The summed E-state index contributed by atoms with van der Waals surface area (Å²) in [5.74, 6) is 0.593. The molecule has 0 radical (unpaired) electrons. The number of nitrogens with zero attached hydrogens (tertiary/aromatic N) is 4. The van der Waals surface area contributed by atoms with Crippen LogP contribution < -0.4 is 4.74 Å². The number of benzene rings is 1. The maximum Gasteiger partial charge on any atom is 0.415 e. The van der Waals surface area contributed by atoms with Gasteiger partial charge in [-0.1, -0.05) is 24.3 Å². The third kappa shape index (κ3) is 7.12. The Kier molecular flexibility index (Phi) is 8.26. The van der Waals surface area contributed by atoms with E-state index in [-0.39, 0.29) is 6.09 Å². The van der Waals surface area contributed by atoms with Gasteiger partial charge in [0.1, 0.15) is 5.75 Å². The highest BCUT2D eigenvalue weighted by molar-refractivity contribution is 5.70. The number of carbonyl (C=O) groups is 1. The first kappa shape index (κ1) is 23.9. The molecular weight excluding hydrogens is 424 g/mol. The van der Waals surface area contributed by atoms with Gasteiger partial charge in [-0.05, 0) is 87.5 Å². The average Bonchev–Trinajstić information content (AvgIpc) is 2.85. The quantitative estimate of drug-likeness (QED) is 0.493. The van der Waals surface area contributed by atoms with Crippen molar-refractivity contribution in [2.24, 2.45) is 0 Å². The molecule has 0 bridgehead atoms. The van der Waals surface area contributed by atoms with Crippen LogP contribution in [0.5, 0.6) is 5.75 Å². The Morgan fingerprint density at radius 1 is 0.882 bits per heavy atom. The predicted molar refractivity (Wildman–Crippen MR) is 134 cm³/mol. The van der Waals surface area contributed by atoms with Crippen LogP contribution in [0.25, 0.3) is 0 Å². The number of pyridine rings is 2. The molecule has 0 atom stereocenters. The number of rotatable bonds is 8. The SMILES string of the molecule is Cc1ccc(CCCN2CCN(C(=O)Oc3ccc(CCc4cccc(C)n4)cc3)CC2)nc1. The van der Waals surface area contributed by atoms with E-state index >= 15 is 0 Å². The van der Waals surface area contributed by atoms with Crippen LogP contribution in [0.1, 0.15) is 34.6 Å². The molecule has 1 fully saturated rings. The van der Waals surface area contributed by atoms with Gasteiger partial charge in [0.25, 0.3) is 0 Å². The van der Waals surface area contributed by atoms with Crippen LogP contribution in [0, 0.1) is 13.8 Å². The van der Waals surface area contributed by atoms with Crippen molar-refractivity contribution in [3.63, 3.8) is 0 Å². The zero-order chi connectivity index (χ0) is 23.8. The van der Waals surface area contributed by atoms with Crippen molar-refractivity contribution in [3.05, 3.63) is 89.0 Å². The Labute approximate surface area is 202 Å². The molecule has 4 rings (SSSR count). The molecule has 0 saturated carbocycles. The van der Waals surface area contributed by atoms with Gasteiger partial charge in [-0.15, -0.1) is 0 Å². The van der Waals surface area contributed by atoms with E-state index in [1.54, 1.807) is 4.90 Å². The van der Waals surface area contributed by atoms with Crippen molar-refractivity contribution in [2.45, 2.75) is 39.5 Å². The Hall–Kier alpha value is -3.25. The summed E-state index contributed by atoms with van der Waals surface area (Å²) >= 11 is 0. The van der Waals surface area contributed by atoms with Crippen molar-refractivity contribution < 1.29 is 9.53 Å². The summed E-state index contributed by atoms with van der Waals surface area (Å²) < 4.78 is 5.62. The molecule has 34 heavy (non-hydrogen) atoms. The smallest absolute Gasteiger partial charge is 0.410 e. The van der Waals surface area contributed by atoms with Gasteiger partial charge < -0.3 is 9.64 Å². The lowest BCUT2D eigenvalue weighted by Gasteiger charge is -2.34. The first-order chi connectivity index (χ1) is 16.5. The van der Waals surface area contributed by atoms with E-state index in [4.69, 9.17) is 4.74 Å². The highest BCUT2D eigenvalue weighted by Crippen LogP contribution is 2.16. The molecule has 1 saturated heterocycles. The molecule has 0 spiro atoms. The summed E-state index contributed by atoms with van der Waals surface area (Å²) in [7, 11) is 0. The number of piperazine rings is 1.